The molecule has 0 aromatic heterocycles. The smallest absolute Gasteiger partial charge is 0.545 e. The molecule has 2 rings (SSSR count). The average Bonchev–Trinajstić information content (AvgIpc) is 2.40. The van der Waals surface area contributed by atoms with Gasteiger partial charge >= 0.3 is 23.9 Å². The molecule has 0 spiro atoms. The molecule has 0 unspecified atom stereocenters. The van der Waals surface area contributed by atoms with Crippen LogP contribution < -0.4 is 10.2 Å². The van der Waals surface area contributed by atoms with E-state index in [0.717, 1.165) is 0 Å². The first-order valence-corrected chi connectivity index (χ1v) is 6.09. The van der Waals surface area contributed by atoms with Crippen LogP contribution >= 0.6 is 23.2 Å². The summed E-state index contributed by atoms with van der Waals surface area (Å²) in [5.41, 5.74) is 0.286. The van der Waals surface area contributed by atoms with Gasteiger partial charge in [0.25, 0.3) is 0 Å². The quantitative estimate of drug-likeness (QED) is 0.668. The van der Waals surface area contributed by atoms with Gasteiger partial charge in [-0.2, -0.15) is 0 Å². The molecule has 0 saturated heterocycles. The third kappa shape index (κ3) is 7.36. The van der Waals surface area contributed by atoms with Crippen molar-refractivity contribution in [1.29, 1.82) is 0 Å². The molecular weight excluding hydrogens is 422 g/mol. The Hall–Kier alpha value is -1.24. The predicted molar refractivity (Wildman–Crippen MR) is 77.3 cm³/mol. The van der Waals surface area contributed by atoms with E-state index in [0.29, 0.717) is 10.0 Å². The summed E-state index contributed by atoms with van der Waals surface area (Å²) in [6.45, 7) is 0. The van der Waals surface area contributed by atoms with Gasteiger partial charge in [-0.25, -0.2) is 0 Å². The molecule has 0 aliphatic carbocycles. The molecule has 0 fully saturated rings. The zero-order valence-corrected chi connectivity index (χ0v) is 14.9. The molecule has 0 N–H and O–H groups in total. The first-order valence-electron chi connectivity index (χ1n) is 5.34. The summed E-state index contributed by atoms with van der Waals surface area (Å²) < 4.78 is 0. The molecule has 0 atom stereocenters. The van der Waals surface area contributed by atoms with E-state index < -0.39 is 11.9 Å². The Bertz CT molecular complexity index is 542. The summed E-state index contributed by atoms with van der Waals surface area (Å²) in [5.74, 6) is -2.37. The average molecular weight is 430 g/mol. The van der Waals surface area contributed by atoms with E-state index in [9.17, 15) is 19.8 Å². The van der Waals surface area contributed by atoms with Crippen molar-refractivity contribution in [2.45, 2.75) is 0 Å². The standard InChI is InChI=1S/2C7H5ClO2.Sn/c2*8-6-3-1-5(2-4-6)7(9)10;/h2*1-4H,(H,9,10);/q;;+2/p-2. The fourth-order valence-corrected chi connectivity index (χ4v) is 1.42. The van der Waals surface area contributed by atoms with Crippen molar-refractivity contribution in [2.75, 3.05) is 0 Å². The topological polar surface area (TPSA) is 80.3 Å². The van der Waals surface area contributed by atoms with Gasteiger partial charge in [0.15, 0.2) is 0 Å². The van der Waals surface area contributed by atoms with Crippen LogP contribution in [0.4, 0.5) is 0 Å². The molecule has 0 bridgehead atoms. The molecule has 0 amide bonds. The second kappa shape index (κ2) is 9.65. The Morgan fingerprint density at radius 1 is 0.667 bits per heavy atom. The van der Waals surface area contributed by atoms with Gasteiger partial charge in [0.05, 0.1) is 11.9 Å². The SMILES string of the molecule is O=C([O-])c1ccc(Cl)cc1.O=C([O-])c1ccc(Cl)cc1.[Sn+2]. The van der Waals surface area contributed by atoms with Crippen molar-refractivity contribution >= 4 is 59.0 Å². The number of carbonyl (C=O) groups is 2. The van der Waals surface area contributed by atoms with E-state index in [-0.39, 0.29) is 35.0 Å². The minimum atomic E-state index is -1.18. The summed E-state index contributed by atoms with van der Waals surface area (Å²) in [5, 5.41) is 21.4. The Kier molecular flexibility index (Phi) is 9.08. The third-order valence-electron chi connectivity index (χ3n) is 2.16. The third-order valence-corrected chi connectivity index (χ3v) is 2.66. The molecule has 2 aromatic rings. The fraction of sp³-hybridized carbons (Fsp3) is 0. The number of rotatable bonds is 2. The van der Waals surface area contributed by atoms with Crippen molar-refractivity contribution in [1.82, 2.24) is 0 Å². The number of carboxylic acids is 2. The summed E-state index contributed by atoms with van der Waals surface area (Å²) >= 11 is 11.0. The summed E-state index contributed by atoms with van der Waals surface area (Å²) in [7, 11) is 0. The molecule has 0 aliphatic rings. The summed E-state index contributed by atoms with van der Waals surface area (Å²) in [6, 6.07) is 11.6. The van der Waals surface area contributed by atoms with Gasteiger partial charge in [-0.3, -0.25) is 0 Å². The molecule has 106 valence electrons. The van der Waals surface area contributed by atoms with Crippen LogP contribution in [0.3, 0.4) is 0 Å². The van der Waals surface area contributed by atoms with Gasteiger partial charge in [-0.1, -0.05) is 47.5 Å². The van der Waals surface area contributed by atoms with Crippen LogP contribution in [0.15, 0.2) is 48.5 Å². The van der Waals surface area contributed by atoms with Crippen LogP contribution in [0.1, 0.15) is 20.7 Å². The number of aromatic carboxylic acids is 2. The Labute approximate surface area is 148 Å². The normalized spacial score (nSPS) is 8.86. The summed E-state index contributed by atoms with van der Waals surface area (Å²) in [4.78, 5) is 20.3. The fourth-order valence-electron chi connectivity index (χ4n) is 1.17. The van der Waals surface area contributed by atoms with Crippen molar-refractivity contribution in [3.63, 3.8) is 0 Å². The Morgan fingerprint density at radius 2 is 0.905 bits per heavy atom. The predicted octanol–water partition coefficient (Wildman–Crippen LogP) is 1.03. The number of benzene rings is 2. The van der Waals surface area contributed by atoms with E-state index in [1.165, 1.54) is 48.5 Å². The van der Waals surface area contributed by atoms with Crippen LogP contribution in [0.2, 0.25) is 10.0 Å². The van der Waals surface area contributed by atoms with E-state index in [1.54, 1.807) is 0 Å². The van der Waals surface area contributed by atoms with Gasteiger partial charge in [0, 0.05) is 10.0 Å². The second-order valence-electron chi connectivity index (χ2n) is 3.59. The van der Waals surface area contributed by atoms with E-state index in [2.05, 4.69) is 0 Å². The van der Waals surface area contributed by atoms with Crippen molar-refractivity contribution in [3.8, 4) is 0 Å². The number of hydrogen-bond donors (Lipinski definition) is 0. The van der Waals surface area contributed by atoms with Gasteiger partial charge in [0.2, 0.25) is 0 Å². The molecular formula is C14H8Cl2O4Sn. The molecule has 0 saturated carbocycles. The molecule has 7 heteroatoms. The molecule has 0 heterocycles. The van der Waals surface area contributed by atoms with Crippen LogP contribution in [0.25, 0.3) is 0 Å². The molecule has 2 radical (unpaired) electrons. The van der Waals surface area contributed by atoms with Gasteiger partial charge in [0.1, 0.15) is 0 Å². The van der Waals surface area contributed by atoms with Crippen molar-refractivity contribution in [3.05, 3.63) is 69.7 Å². The van der Waals surface area contributed by atoms with Gasteiger partial charge in [-0.05, 0) is 35.4 Å². The van der Waals surface area contributed by atoms with Crippen LogP contribution in [-0.4, -0.2) is 35.8 Å². The number of hydrogen-bond acceptors (Lipinski definition) is 4. The van der Waals surface area contributed by atoms with Crippen molar-refractivity contribution in [2.24, 2.45) is 0 Å². The van der Waals surface area contributed by atoms with Crippen molar-refractivity contribution < 1.29 is 19.8 Å². The maximum atomic E-state index is 10.2. The second-order valence-corrected chi connectivity index (χ2v) is 4.46. The zero-order valence-electron chi connectivity index (χ0n) is 10.5. The largest absolute Gasteiger partial charge is 2.00 e. The number of carbonyl (C=O) groups excluding carboxylic acids is 2. The molecule has 21 heavy (non-hydrogen) atoms. The molecule has 0 aliphatic heterocycles. The monoisotopic (exact) mass is 430 g/mol. The first-order chi connectivity index (χ1) is 9.40. The minimum Gasteiger partial charge on any atom is -0.545 e. The van der Waals surface area contributed by atoms with Crippen LogP contribution in [0, 0.1) is 0 Å². The maximum Gasteiger partial charge on any atom is 2.00 e. The van der Waals surface area contributed by atoms with Gasteiger partial charge in [-0.15, -0.1) is 0 Å². The minimum absolute atomic E-state index is 0. The number of carboxylic acid groups (broad SMARTS) is 2. The zero-order chi connectivity index (χ0) is 15.1. The van der Waals surface area contributed by atoms with E-state index in [4.69, 9.17) is 23.2 Å². The summed E-state index contributed by atoms with van der Waals surface area (Å²) in [6.07, 6.45) is 0. The molecule has 2 aromatic carbocycles. The Balaban J connectivity index is 0.000000364. The van der Waals surface area contributed by atoms with Crippen LogP contribution in [0.5, 0.6) is 0 Å². The van der Waals surface area contributed by atoms with E-state index in [1.807, 2.05) is 0 Å². The molecule has 4 nitrogen and oxygen atoms in total. The Morgan fingerprint density at radius 3 is 1.10 bits per heavy atom. The maximum absolute atomic E-state index is 10.2. The van der Waals surface area contributed by atoms with Gasteiger partial charge < -0.3 is 19.8 Å². The van der Waals surface area contributed by atoms with E-state index >= 15 is 0 Å². The first kappa shape index (κ1) is 19.8. The van der Waals surface area contributed by atoms with Crippen LogP contribution in [-0.2, 0) is 0 Å². The number of halogens is 2.